The van der Waals surface area contributed by atoms with Gasteiger partial charge in [0.25, 0.3) is 11.3 Å². The lowest BCUT2D eigenvalue weighted by Gasteiger charge is -2.09. The highest BCUT2D eigenvalue weighted by Gasteiger charge is 2.12. The van der Waals surface area contributed by atoms with Crippen molar-refractivity contribution in [2.45, 2.75) is 13.5 Å². The number of anilines is 1. The number of rotatable bonds is 4. The third-order valence-electron chi connectivity index (χ3n) is 4.02. The first-order chi connectivity index (χ1) is 13.1. The summed E-state index contributed by atoms with van der Waals surface area (Å²) in [6.45, 7) is 1.71. The normalized spacial score (nSPS) is 11.2. The number of aromatic nitrogens is 5. The largest absolute Gasteiger partial charge is 0.377 e. The first-order valence-corrected chi connectivity index (χ1v) is 8.20. The average molecular weight is 364 g/mol. The third-order valence-corrected chi connectivity index (χ3v) is 4.02. The van der Waals surface area contributed by atoms with Crippen molar-refractivity contribution in [2.75, 3.05) is 12.4 Å². The van der Waals surface area contributed by atoms with Crippen LogP contribution in [0.5, 0.6) is 0 Å². The summed E-state index contributed by atoms with van der Waals surface area (Å²) in [5.41, 5.74) is 1.73. The number of hydrogen-bond acceptors (Lipinski definition) is 6. The number of methoxy groups -OCH3 is 1. The van der Waals surface area contributed by atoms with Crippen LogP contribution in [0, 0.1) is 0 Å². The predicted molar refractivity (Wildman–Crippen MR) is 98.9 cm³/mol. The Morgan fingerprint density at radius 1 is 1.22 bits per heavy atom. The van der Waals surface area contributed by atoms with Crippen LogP contribution in [0.1, 0.15) is 12.7 Å². The molecular weight excluding hydrogens is 348 g/mol. The quantitative estimate of drug-likeness (QED) is 0.589. The molecule has 0 fully saturated rings. The number of nitrogens with one attached hydrogen (secondary N) is 1. The van der Waals surface area contributed by atoms with Crippen molar-refractivity contribution in [3.63, 3.8) is 0 Å². The van der Waals surface area contributed by atoms with Crippen LogP contribution in [0.3, 0.4) is 0 Å². The van der Waals surface area contributed by atoms with Crippen LogP contribution in [0.4, 0.5) is 5.69 Å². The van der Waals surface area contributed by atoms with Gasteiger partial charge in [-0.2, -0.15) is 9.50 Å². The fourth-order valence-electron chi connectivity index (χ4n) is 2.86. The molecule has 0 spiro atoms. The van der Waals surface area contributed by atoms with Crippen molar-refractivity contribution in [1.29, 1.82) is 0 Å². The number of hydrogen-bond donors (Lipinski definition) is 1. The number of carbonyl (C=O) groups is 1. The maximum absolute atomic E-state index is 12.9. The second-order valence-electron chi connectivity index (χ2n) is 5.95. The molecule has 9 nitrogen and oxygen atoms in total. The second kappa shape index (κ2) is 6.61. The lowest BCUT2D eigenvalue weighted by Crippen LogP contribution is -2.19. The molecule has 0 unspecified atom stereocenters. The van der Waals surface area contributed by atoms with Gasteiger partial charge in [0.2, 0.25) is 5.91 Å². The Kier molecular flexibility index (Phi) is 4.13. The molecule has 0 aliphatic heterocycles. The van der Waals surface area contributed by atoms with Gasteiger partial charge in [-0.05, 0) is 30.3 Å². The van der Waals surface area contributed by atoms with Gasteiger partial charge in [0.1, 0.15) is 6.61 Å². The molecule has 0 aliphatic rings. The van der Waals surface area contributed by atoms with Gasteiger partial charge in [0, 0.05) is 37.8 Å². The van der Waals surface area contributed by atoms with Crippen LogP contribution in [0.2, 0.25) is 0 Å². The van der Waals surface area contributed by atoms with E-state index in [0.717, 1.165) is 0 Å². The second-order valence-corrected chi connectivity index (χ2v) is 5.95. The average Bonchev–Trinajstić information content (AvgIpc) is 3.06. The molecule has 0 saturated carbocycles. The first-order valence-electron chi connectivity index (χ1n) is 8.20. The molecule has 0 bridgehead atoms. The predicted octanol–water partition coefficient (Wildman–Crippen LogP) is 1.53. The summed E-state index contributed by atoms with van der Waals surface area (Å²) in [4.78, 5) is 32.6. The Bertz CT molecular complexity index is 1210. The number of fused-ring (bicyclic) bond motifs is 3. The molecule has 0 aliphatic carbocycles. The Balaban J connectivity index is 1.81. The van der Waals surface area contributed by atoms with E-state index in [4.69, 9.17) is 4.74 Å². The molecule has 4 rings (SSSR count). The topological polar surface area (TPSA) is 103 Å². The van der Waals surface area contributed by atoms with Crippen molar-refractivity contribution in [2.24, 2.45) is 0 Å². The summed E-state index contributed by atoms with van der Waals surface area (Å²) in [6.07, 6.45) is 3.18. The van der Waals surface area contributed by atoms with Crippen molar-refractivity contribution < 1.29 is 9.53 Å². The van der Waals surface area contributed by atoms with Crippen LogP contribution in [0.15, 0.2) is 47.5 Å². The van der Waals surface area contributed by atoms with E-state index in [-0.39, 0.29) is 18.1 Å². The fraction of sp³-hybridized carbons (Fsp3) is 0.167. The number of nitrogens with zero attached hydrogens (tertiary/aromatic N) is 5. The molecule has 1 amide bonds. The van der Waals surface area contributed by atoms with E-state index >= 15 is 0 Å². The molecule has 3 aromatic heterocycles. The standard InChI is InChI=1S/C18H16N6O3/c1-11(25)20-12-3-5-13(6-4-12)23-8-7-15-14(17(23)26)9-19-18-21-16(10-27-2)22-24(15)18/h3-9H,10H2,1-2H3,(H,20,25). The van der Waals surface area contributed by atoms with Crippen LogP contribution in [-0.2, 0) is 16.1 Å². The fourth-order valence-corrected chi connectivity index (χ4v) is 2.86. The molecule has 3 heterocycles. The van der Waals surface area contributed by atoms with Crippen molar-refractivity contribution in [1.82, 2.24) is 24.1 Å². The zero-order chi connectivity index (χ0) is 19.0. The zero-order valence-corrected chi connectivity index (χ0v) is 14.7. The molecule has 0 radical (unpaired) electrons. The van der Waals surface area contributed by atoms with Gasteiger partial charge in [-0.1, -0.05) is 0 Å². The molecule has 9 heteroatoms. The summed E-state index contributed by atoms with van der Waals surface area (Å²) in [5.74, 6) is 0.753. The smallest absolute Gasteiger partial charge is 0.266 e. The number of benzene rings is 1. The molecule has 1 N–H and O–H groups in total. The van der Waals surface area contributed by atoms with E-state index in [0.29, 0.717) is 33.9 Å². The molecule has 1 aromatic carbocycles. The van der Waals surface area contributed by atoms with Crippen LogP contribution in [0.25, 0.3) is 22.4 Å². The Morgan fingerprint density at radius 3 is 2.70 bits per heavy atom. The number of amides is 1. The summed E-state index contributed by atoms with van der Waals surface area (Å²) < 4.78 is 8.10. The minimum atomic E-state index is -0.224. The highest BCUT2D eigenvalue weighted by Crippen LogP contribution is 2.15. The van der Waals surface area contributed by atoms with E-state index in [1.54, 1.807) is 43.6 Å². The first kappa shape index (κ1) is 16.9. The molecule has 0 saturated heterocycles. The highest BCUT2D eigenvalue weighted by atomic mass is 16.5. The molecule has 27 heavy (non-hydrogen) atoms. The summed E-state index contributed by atoms with van der Waals surface area (Å²) in [7, 11) is 1.56. The van der Waals surface area contributed by atoms with Crippen LogP contribution < -0.4 is 10.9 Å². The monoisotopic (exact) mass is 364 g/mol. The van der Waals surface area contributed by atoms with Gasteiger partial charge in [-0.3, -0.25) is 14.2 Å². The van der Waals surface area contributed by atoms with Gasteiger partial charge >= 0.3 is 0 Å². The number of pyridine rings is 1. The zero-order valence-electron chi connectivity index (χ0n) is 14.7. The maximum Gasteiger partial charge on any atom is 0.266 e. The highest BCUT2D eigenvalue weighted by molar-refractivity contribution is 5.88. The van der Waals surface area contributed by atoms with Gasteiger partial charge in [0.15, 0.2) is 5.82 Å². The summed E-state index contributed by atoms with van der Waals surface area (Å²) in [6, 6.07) is 8.79. The van der Waals surface area contributed by atoms with Gasteiger partial charge in [-0.15, -0.1) is 5.10 Å². The lowest BCUT2D eigenvalue weighted by atomic mass is 10.2. The van der Waals surface area contributed by atoms with E-state index in [1.807, 2.05) is 0 Å². The minimum Gasteiger partial charge on any atom is -0.377 e. The van der Waals surface area contributed by atoms with Crippen LogP contribution in [-0.4, -0.2) is 37.2 Å². The van der Waals surface area contributed by atoms with Crippen molar-refractivity contribution >= 4 is 28.3 Å². The molecular formula is C18H16N6O3. The molecule has 0 atom stereocenters. The van der Waals surface area contributed by atoms with E-state index in [2.05, 4.69) is 20.4 Å². The summed E-state index contributed by atoms with van der Waals surface area (Å²) >= 11 is 0. The van der Waals surface area contributed by atoms with Gasteiger partial charge in [-0.25, -0.2) is 4.98 Å². The Labute approximate surface area is 153 Å². The third kappa shape index (κ3) is 3.04. The summed E-state index contributed by atoms with van der Waals surface area (Å²) in [5, 5.41) is 7.46. The van der Waals surface area contributed by atoms with Crippen molar-refractivity contribution in [3.05, 3.63) is 58.9 Å². The van der Waals surface area contributed by atoms with E-state index in [9.17, 15) is 9.59 Å². The minimum absolute atomic E-state index is 0.151. The van der Waals surface area contributed by atoms with Crippen LogP contribution >= 0.6 is 0 Å². The maximum atomic E-state index is 12.9. The number of carbonyl (C=O) groups excluding carboxylic acids is 1. The lowest BCUT2D eigenvalue weighted by molar-refractivity contribution is -0.114. The van der Waals surface area contributed by atoms with Gasteiger partial charge in [0.05, 0.1) is 10.9 Å². The van der Waals surface area contributed by atoms with E-state index < -0.39 is 0 Å². The molecule has 4 aromatic rings. The van der Waals surface area contributed by atoms with E-state index in [1.165, 1.54) is 22.2 Å². The molecule has 136 valence electrons. The Morgan fingerprint density at radius 2 is 2.00 bits per heavy atom. The number of ether oxygens (including phenoxy) is 1. The van der Waals surface area contributed by atoms with Crippen molar-refractivity contribution in [3.8, 4) is 5.69 Å². The SMILES string of the molecule is COCc1nc2ncc3c(=O)n(-c4ccc(NC(C)=O)cc4)ccc3n2n1. The Hall–Kier alpha value is -3.59. The van der Waals surface area contributed by atoms with Gasteiger partial charge < -0.3 is 10.1 Å².